The van der Waals surface area contributed by atoms with Crippen LogP contribution in [0.15, 0.2) is 36.5 Å². The van der Waals surface area contributed by atoms with Gasteiger partial charge in [-0.3, -0.25) is 4.98 Å². The fraction of sp³-hybridized carbons (Fsp3) is 0.316. The number of fused-ring (bicyclic) bond motifs is 1. The molecule has 1 saturated carbocycles. The molecule has 1 aliphatic heterocycles. The molecule has 1 unspecified atom stereocenters. The van der Waals surface area contributed by atoms with Crippen molar-refractivity contribution in [3.63, 3.8) is 0 Å². The van der Waals surface area contributed by atoms with Gasteiger partial charge in [-0.15, -0.1) is 0 Å². The highest BCUT2D eigenvalue weighted by atomic mass is 16.5. The second-order valence-corrected chi connectivity index (χ2v) is 6.62. The van der Waals surface area contributed by atoms with E-state index in [1.807, 2.05) is 19.1 Å². The van der Waals surface area contributed by atoms with Crippen molar-refractivity contribution in [2.24, 2.45) is 5.92 Å². The number of cyclic esters (lactones) is 1. The number of pyridine rings is 1. The number of hydrogen-bond donors (Lipinski definition) is 2. The lowest BCUT2D eigenvalue weighted by atomic mass is 10.1. The van der Waals surface area contributed by atoms with Crippen molar-refractivity contribution < 1.29 is 14.3 Å². The second-order valence-electron chi connectivity index (χ2n) is 6.62. The van der Waals surface area contributed by atoms with E-state index >= 15 is 0 Å². The highest BCUT2D eigenvalue weighted by molar-refractivity contribution is 5.95. The van der Waals surface area contributed by atoms with Gasteiger partial charge in [-0.2, -0.15) is 0 Å². The molecule has 1 aromatic heterocycles. The molecule has 4 rings (SSSR count). The Balaban J connectivity index is 1.46. The first-order valence-corrected chi connectivity index (χ1v) is 8.40. The monoisotopic (exact) mass is 337 g/mol. The van der Waals surface area contributed by atoms with Gasteiger partial charge in [0.1, 0.15) is 6.61 Å². The molecule has 128 valence electrons. The number of aryl methyl sites for hydroxylation is 1. The Morgan fingerprint density at radius 2 is 2.12 bits per heavy atom. The SMILES string of the molecule is Cc1ccnc(C(NC(=O)Nc2ccc3c(c2)COC3=O)C2CC2)c1. The topological polar surface area (TPSA) is 80.3 Å². The molecule has 0 radical (unpaired) electrons. The fourth-order valence-electron chi connectivity index (χ4n) is 3.11. The Labute approximate surface area is 145 Å². The van der Waals surface area contributed by atoms with Crippen molar-refractivity contribution in [2.75, 3.05) is 5.32 Å². The van der Waals surface area contributed by atoms with Crippen LogP contribution >= 0.6 is 0 Å². The van der Waals surface area contributed by atoms with Crippen molar-refractivity contribution in [2.45, 2.75) is 32.4 Å². The summed E-state index contributed by atoms with van der Waals surface area (Å²) in [7, 11) is 0. The fourth-order valence-corrected chi connectivity index (χ4v) is 3.11. The van der Waals surface area contributed by atoms with Gasteiger partial charge in [0, 0.05) is 17.4 Å². The summed E-state index contributed by atoms with van der Waals surface area (Å²) in [5, 5.41) is 5.88. The maximum absolute atomic E-state index is 12.4. The van der Waals surface area contributed by atoms with E-state index in [0.29, 0.717) is 17.2 Å². The minimum absolute atomic E-state index is 0.0840. The molecule has 6 nitrogen and oxygen atoms in total. The average molecular weight is 337 g/mol. The van der Waals surface area contributed by atoms with Crippen LogP contribution in [0.2, 0.25) is 0 Å². The predicted molar refractivity (Wildman–Crippen MR) is 92.2 cm³/mol. The summed E-state index contributed by atoms with van der Waals surface area (Å²) in [5.74, 6) is 0.122. The van der Waals surface area contributed by atoms with Crippen LogP contribution in [0.3, 0.4) is 0 Å². The third-order valence-electron chi connectivity index (χ3n) is 4.58. The van der Waals surface area contributed by atoms with E-state index in [0.717, 1.165) is 29.7 Å². The van der Waals surface area contributed by atoms with Gasteiger partial charge in [-0.1, -0.05) is 0 Å². The highest BCUT2D eigenvalue weighted by Crippen LogP contribution is 2.40. The Kier molecular flexibility index (Phi) is 3.87. The zero-order valence-electron chi connectivity index (χ0n) is 13.9. The van der Waals surface area contributed by atoms with E-state index in [9.17, 15) is 9.59 Å². The van der Waals surface area contributed by atoms with Gasteiger partial charge in [0.2, 0.25) is 0 Å². The van der Waals surface area contributed by atoms with Crippen LogP contribution in [0, 0.1) is 12.8 Å². The molecule has 1 aliphatic carbocycles. The van der Waals surface area contributed by atoms with Crippen LogP contribution in [0.1, 0.15) is 46.1 Å². The zero-order chi connectivity index (χ0) is 17.4. The van der Waals surface area contributed by atoms with Crippen LogP contribution in [-0.2, 0) is 11.3 Å². The summed E-state index contributed by atoms with van der Waals surface area (Å²) in [6, 6.07) is 8.77. The standard InChI is InChI=1S/C19H19N3O3/c1-11-6-7-20-16(8-11)17(12-2-3-12)22-19(24)21-14-4-5-15-13(9-14)10-25-18(15)23/h4-9,12,17H,2-3,10H2,1H3,(H2,21,22,24). The predicted octanol–water partition coefficient (Wildman–Crippen LogP) is 3.33. The molecule has 2 amide bonds. The van der Waals surface area contributed by atoms with Crippen molar-refractivity contribution in [1.29, 1.82) is 0 Å². The number of carbonyl (C=O) groups is 2. The number of benzene rings is 1. The third kappa shape index (κ3) is 3.33. The van der Waals surface area contributed by atoms with Gasteiger partial charge in [-0.05, 0) is 61.6 Å². The quantitative estimate of drug-likeness (QED) is 0.839. The van der Waals surface area contributed by atoms with Crippen molar-refractivity contribution in [3.05, 3.63) is 58.9 Å². The highest BCUT2D eigenvalue weighted by Gasteiger charge is 2.34. The number of hydrogen-bond acceptors (Lipinski definition) is 4. The maximum Gasteiger partial charge on any atom is 0.338 e. The number of ether oxygens (including phenoxy) is 1. The lowest BCUT2D eigenvalue weighted by Crippen LogP contribution is -2.34. The molecular formula is C19H19N3O3. The Hall–Kier alpha value is -2.89. The lowest BCUT2D eigenvalue weighted by molar-refractivity contribution is 0.0535. The third-order valence-corrected chi connectivity index (χ3v) is 4.58. The smallest absolute Gasteiger partial charge is 0.338 e. The minimum Gasteiger partial charge on any atom is -0.457 e. The Morgan fingerprint density at radius 3 is 2.88 bits per heavy atom. The number of esters is 1. The van der Waals surface area contributed by atoms with Crippen molar-refractivity contribution in [3.8, 4) is 0 Å². The first kappa shape index (κ1) is 15.6. The van der Waals surface area contributed by atoms with E-state index in [-0.39, 0.29) is 24.6 Å². The van der Waals surface area contributed by atoms with Gasteiger partial charge in [0.25, 0.3) is 0 Å². The van der Waals surface area contributed by atoms with Crippen molar-refractivity contribution >= 4 is 17.7 Å². The maximum atomic E-state index is 12.4. The van der Waals surface area contributed by atoms with Gasteiger partial charge >= 0.3 is 12.0 Å². The second kappa shape index (κ2) is 6.20. The van der Waals surface area contributed by atoms with Crippen LogP contribution in [0.5, 0.6) is 0 Å². The van der Waals surface area contributed by atoms with E-state index in [1.165, 1.54) is 0 Å². The molecule has 1 aromatic carbocycles. The number of nitrogens with zero attached hydrogens (tertiary/aromatic N) is 1. The number of nitrogens with one attached hydrogen (secondary N) is 2. The molecule has 0 bridgehead atoms. The molecule has 1 atom stereocenters. The first-order chi connectivity index (χ1) is 12.1. The summed E-state index contributed by atoms with van der Waals surface area (Å²) in [5.41, 5.74) is 4.01. The molecule has 6 heteroatoms. The van der Waals surface area contributed by atoms with E-state index in [1.54, 1.807) is 24.4 Å². The van der Waals surface area contributed by atoms with Gasteiger partial charge in [0.05, 0.1) is 17.3 Å². The summed E-state index contributed by atoms with van der Waals surface area (Å²) in [4.78, 5) is 28.3. The normalized spacial score (nSPS) is 16.8. The van der Waals surface area contributed by atoms with Crippen LogP contribution in [-0.4, -0.2) is 17.0 Å². The van der Waals surface area contributed by atoms with Crippen LogP contribution < -0.4 is 10.6 Å². The van der Waals surface area contributed by atoms with Gasteiger partial charge in [-0.25, -0.2) is 9.59 Å². The number of carbonyl (C=O) groups excluding carboxylic acids is 2. The summed E-state index contributed by atoms with van der Waals surface area (Å²) < 4.78 is 4.98. The van der Waals surface area contributed by atoms with Gasteiger partial charge < -0.3 is 15.4 Å². The molecule has 2 N–H and O–H groups in total. The molecule has 1 fully saturated rings. The van der Waals surface area contributed by atoms with E-state index in [2.05, 4.69) is 15.6 Å². The molecular weight excluding hydrogens is 318 g/mol. The summed E-state index contributed by atoms with van der Waals surface area (Å²) in [6.07, 6.45) is 3.97. The largest absolute Gasteiger partial charge is 0.457 e. The minimum atomic E-state index is -0.315. The molecule has 0 saturated heterocycles. The summed E-state index contributed by atoms with van der Waals surface area (Å²) >= 11 is 0. The van der Waals surface area contributed by atoms with E-state index in [4.69, 9.17) is 4.74 Å². The lowest BCUT2D eigenvalue weighted by Gasteiger charge is -2.19. The number of urea groups is 1. The van der Waals surface area contributed by atoms with Crippen molar-refractivity contribution in [1.82, 2.24) is 10.3 Å². The summed E-state index contributed by atoms with van der Waals surface area (Å²) in [6.45, 7) is 2.27. The number of rotatable bonds is 4. The zero-order valence-corrected chi connectivity index (χ0v) is 13.9. The Morgan fingerprint density at radius 1 is 1.28 bits per heavy atom. The first-order valence-electron chi connectivity index (χ1n) is 8.40. The van der Waals surface area contributed by atoms with E-state index < -0.39 is 0 Å². The number of amides is 2. The average Bonchev–Trinajstić information content (AvgIpc) is 3.37. The van der Waals surface area contributed by atoms with Gasteiger partial charge in [0.15, 0.2) is 0 Å². The number of anilines is 1. The molecule has 25 heavy (non-hydrogen) atoms. The molecule has 2 aliphatic rings. The van der Waals surface area contributed by atoms with Crippen LogP contribution in [0.4, 0.5) is 10.5 Å². The molecule has 2 aromatic rings. The molecule has 2 heterocycles. The molecule has 0 spiro atoms. The van der Waals surface area contributed by atoms with Crippen LogP contribution in [0.25, 0.3) is 0 Å². The Bertz CT molecular complexity index is 846. The number of aromatic nitrogens is 1.